The molecule has 0 aromatic carbocycles. The van der Waals surface area contributed by atoms with Crippen LogP contribution in [0.15, 0.2) is 60.3 Å². The van der Waals surface area contributed by atoms with Crippen molar-refractivity contribution in [3.63, 3.8) is 0 Å². The van der Waals surface area contributed by atoms with Crippen molar-refractivity contribution < 1.29 is 0 Å². The summed E-state index contributed by atoms with van der Waals surface area (Å²) in [6.07, 6.45) is 14.1. The van der Waals surface area contributed by atoms with Crippen molar-refractivity contribution in [3.8, 4) is 0 Å². The molecule has 0 heterocycles. The first-order valence-corrected chi connectivity index (χ1v) is 4.51. The van der Waals surface area contributed by atoms with E-state index in [1.807, 2.05) is 44.2 Å². The van der Waals surface area contributed by atoms with Crippen molar-refractivity contribution in [1.82, 2.24) is 0 Å². The summed E-state index contributed by atoms with van der Waals surface area (Å²) in [5.74, 6) is 0. The minimum atomic E-state index is 1.22. The lowest BCUT2D eigenvalue weighted by atomic mass is 10.1. The Kier molecular flexibility index (Phi) is 6.62. The molecule has 0 rings (SSSR count). The minimum Gasteiger partial charge on any atom is -0.0991 e. The molecule has 13 heavy (non-hydrogen) atoms. The zero-order valence-electron chi connectivity index (χ0n) is 8.75. The molecule has 0 aromatic heterocycles. The molecule has 70 valence electrons. The van der Waals surface area contributed by atoms with Crippen molar-refractivity contribution in [2.24, 2.45) is 0 Å². The highest BCUT2D eigenvalue weighted by atomic mass is 14.0. The maximum absolute atomic E-state index is 3.68. The van der Waals surface area contributed by atoms with Gasteiger partial charge in [-0.25, -0.2) is 0 Å². The van der Waals surface area contributed by atoms with Crippen LogP contribution in [0, 0.1) is 0 Å². The van der Waals surface area contributed by atoms with Crippen LogP contribution in [0.2, 0.25) is 0 Å². The largest absolute Gasteiger partial charge is 0.0991 e. The van der Waals surface area contributed by atoms with Gasteiger partial charge in [-0.15, -0.1) is 0 Å². The van der Waals surface area contributed by atoms with Crippen LogP contribution in [0.4, 0.5) is 0 Å². The van der Waals surface area contributed by atoms with Crippen molar-refractivity contribution in [3.05, 3.63) is 60.3 Å². The summed E-state index contributed by atoms with van der Waals surface area (Å²) in [4.78, 5) is 0. The van der Waals surface area contributed by atoms with Gasteiger partial charge in [-0.1, -0.05) is 49.1 Å². The van der Waals surface area contributed by atoms with Gasteiger partial charge < -0.3 is 0 Å². The van der Waals surface area contributed by atoms with Gasteiger partial charge in [-0.05, 0) is 31.9 Å². The molecule has 0 atom stereocenters. The molecule has 0 spiro atoms. The Balaban J connectivity index is 4.79. The maximum Gasteiger partial charge on any atom is -0.0231 e. The number of allylic oxidation sites excluding steroid dienone is 9. The molecule has 0 aliphatic rings. The van der Waals surface area contributed by atoms with E-state index in [2.05, 4.69) is 25.7 Å². The molecule has 0 aromatic rings. The van der Waals surface area contributed by atoms with Crippen LogP contribution < -0.4 is 0 Å². The van der Waals surface area contributed by atoms with Crippen molar-refractivity contribution >= 4 is 0 Å². The van der Waals surface area contributed by atoms with Crippen LogP contribution in [-0.4, -0.2) is 0 Å². The highest BCUT2D eigenvalue weighted by Crippen LogP contribution is 2.11. The van der Waals surface area contributed by atoms with Crippen LogP contribution in [0.25, 0.3) is 0 Å². The van der Waals surface area contributed by atoms with Gasteiger partial charge >= 0.3 is 0 Å². The first-order valence-electron chi connectivity index (χ1n) is 4.51. The molecule has 0 saturated heterocycles. The van der Waals surface area contributed by atoms with Gasteiger partial charge in [-0.3, -0.25) is 0 Å². The van der Waals surface area contributed by atoms with Crippen LogP contribution >= 0.6 is 0 Å². The van der Waals surface area contributed by atoms with Crippen LogP contribution in [-0.2, 0) is 0 Å². The van der Waals surface area contributed by atoms with Gasteiger partial charge in [0.15, 0.2) is 0 Å². The van der Waals surface area contributed by atoms with Gasteiger partial charge in [-0.2, -0.15) is 0 Å². The molecule has 0 amide bonds. The van der Waals surface area contributed by atoms with Crippen LogP contribution in [0.1, 0.15) is 20.8 Å². The minimum absolute atomic E-state index is 1.22. The highest BCUT2D eigenvalue weighted by molar-refractivity contribution is 5.41. The Hall–Kier alpha value is -1.30. The van der Waals surface area contributed by atoms with E-state index < -0.39 is 0 Å². The molecule has 0 radical (unpaired) electrons. The van der Waals surface area contributed by atoms with E-state index in [-0.39, 0.29) is 0 Å². The Morgan fingerprint density at radius 1 is 1.08 bits per heavy atom. The van der Waals surface area contributed by atoms with E-state index in [0.717, 1.165) is 0 Å². The van der Waals surface area contributed by atoms with Crippen LogP contribution in [0.5, 0.6) is 0 Å². The number of rotatable bonds is 4. The topological polar surface area (TPSA) is 0 Å². The second-order valence-electron chi connectivity index (χ2n) is 2.73. The molecule has 0 saturated carbocycles. The lowest BCUT2D eigenvalue weighted by molar-refractivity contribution is 1.42. The zero-order valence-corrected chi connectivity index (χ0v) is 8.75. The summed E-state index contributed by atoms with van der Waals surface area (Å²) in [5, 5.41) is 0. The zero-order chi connectivity index (χ0) is 10.1. The fourth-order valence-electron chi connectivity index (χ4n) is 0.971. The molecule has 0 fully saturated rings. The molecule has 0 aliphatic heterocycles. The smallest absolute Gasteiger partial charge is 0.0231 e. The standard InChI is InChI=1S/C13H18/c1-5-8-11-13(10-7-3)12(4)9-6-2/h5-11H,2H2,1,3-4H3/b8-5-,10-7-,12-9-,13-11-. The maximum atomic E-state index is 3.68. The SMILES string of the molecule is C=C\C=C(C)/C(/C=C\C)=C\C=C/C. The fraction of sp³-hybridized carbons (Fsp3) is 0.231. The summed E-state index contributed by atoms with van der Waals surface area (Å²) in [6.45, 7) is 9.79. The average Bonchev–Trinajstić information content (AvgIpc) is 2.12. The van der Waals surface area contributed by atoms with E-state index in [9.17, 15) is 0 Å². The Bertz CT molecular complexity index is 260. The summed E-state index contributed by atoms with van der Waals surface area (Å²) in [5.41, 5.74) is 2.45. The van der Waals surface area contributed by atoms with Crippen LogP contribution in [0.3, 0.4) is 0 Å². The predicted molar refractivity (Wildman–Crippen MR) is 61.7 cm³/mol. The molecular weight excluding hydrogens is 156 g/mol. The predicted octanol–water partition coefficient (Wildman–Crippen LogP) is 4.20. The van der Waals surface area contributed by atoms with Gasteiger partial charge in [0.2, 0.25) is 0 Å². The summed E-state index contributed by atoms with van der Waals surface area (Å²) >= 11 is 0. The molecule has 0 N–H and O–H groups in total. The van der Waals surface area contributed by atoms with E-state index in [1.54, 1.807) is 0 Å². The number of hydrogen-bond acceptors (Lipinski definition) is 0. The Labute approximate surface area is 81.7 Å². The second kappa shape index (κ2) is 7.35. The molecule has 0 heteroatoms. The molecule has 0 nitrogen and oxygen atoms in total. The monoisotopic (exact) mass is 174 g/mol. The van der Waals surface area contributed by atoms with Gasteiger partial charge in [0.25, 0.3) is 0 Å². The summed E-state index contributed by atoms with van der Waals surface area (Å²) < 4.78 is 0. The lowest BCUT2D eigenvalue weighted by Gasteiger charge is -1.99. The van der Waals surface area contributed by atoms with E-state index in [4.69, 9.17) is 0 Å². The third-order valence-electron chi connectivity index (χ3n) is 1.64. The summed E-state index contributed by atoms with van der Waals surface area (Å²) in [7, 11) is 0. The Morgan fingerprint density at radius 2 is 1.77 bits per heavy atom. The second-order valence-corrected chi connectivity index (χ2v) is 2.73. The molecular formula is C13H18. The lowest BCUT2D eigenvalue weighted by Crippen LogP contribution is -1.79. The first kappa shape index (κ1) is 11.7. The molecule has 0 unspecified atom stereocenters. The first-order chi connectivity index (χ1) is 6.26. The summed E-state index contributed by atoms with van der Waals surface area (Å²) in [6, 6.07) is 0. The quantitative estimate of drug-likeness (QED) is 0.560. The number of hydrogen-bond donors (Lipinski definition) is 0. The van der Waals surface area contributed by atoms with Crippen molar-refractivity contribution in [2.45, 2.75) is 20.8 Å². The normalized spacial score (nSPS) is 14.4. The van der Waals surface area contributed by atoms with E-state index in [0.29, 0.717) is 0 Å². The van der Waals surface area contributed by atoms with E-state index in [1.165, 1.54) is 11.1 Å². The van der Waals surface area contributed by atoms with Gasteiger partial charge in [0.05, 0.1) is 0 Å². The average molecular weight is 174 g/mol. The highest BCUT2D eigenvalue weighted by Gasteiger charge is 1.91. The third-order valence-corrected chi connectivity index (χ3v) is 1.64. The van der Waals surface area contributed by atoms with E-state index >= 15 is 0 Å². The third kappa shape index (κ3) is 5.02. The molecule has 0 aliphatic carbocycles. The molecule has 0 bridgehead atoms. The van der Waals surface area contributed by atoms with Gasteiger partial charge in [0.1, 0.15) is 0 Å². The van der Waals surface area contributed by atoms with Gasteiger partial charge in [0, 0.05) is 0 Å². The fourth-order valence-corrected chi connectivity index (χ4v) is 0.971. The van der Waals surface area contributed by atoms with Crippen molar-refractivity contribution in [2.75, 3.05) is 0 Å². The van der Waals surface area contributed by atoms with Crippen molar-refractivity contribution in [1.29, 1.82) is 0 Å². The Morgan fingerprint density at radius 3 is 2.23 bits per heavy atom.